The monoisotopic (exact) mass is 389 g/mol. The zero-order valence-corrected chi connectivity index (χ0v) is 16.1. The van der Waals surface area contributed by atoms with Crippen LogP contribution in [0.4, 0.5) is 17.1 Å². The molecule has 0 spiro atoms. The number of furan rings is 1. The van der Waals surface area contributed by atoms with E-state index in [1.54, 1.807) is 12.1 Å². The summed E-state index contributed by atoms with van der Waals surface area (Å²) < 4.78 is 5.04. The molecule has 1 aliphatic heterocycles. The van der Waals surface area contributed by atoms with E-state index in [2.05, 4.69) is 33.7 Å². The van der Waals surface area contributed by atoms with Gasteiger partial charge in [-0.15, -0.1) is 0 Å². The molecule has 0 saturated heterocycles. The summed E-state index contributed by atoms with van der Waals surface area (Å²) in [7, 11) is 0. The van der Waals surface area contributed by atoms with Crippen LogP contribution >= 0.6 is 0 Å². The molecule has 1 aliphatic rings. The summed E-state index contributed by atoms with van der Waals surface area (Å²) in [6.07, 6.45) is 3.32. The average molecular weight is 389 g/mol. The van der Waals surface area contributed by atoms with Crippen molar-refractivity contribution in [3.8, 4) is 0 Å². The summed E-state index contributed by atoms with van der Waals surface area (Å²) in [4.78, 5) is 26.5. The van der Waals surface area contributed by atoms with Gasteiger partial charge in [0.1, 0.15) is 0 Å². The van der Waals surface area contributed by atoms with Gasteiger partial charge in [-0.25, -0.2) is 0 Å². The predicted octanol–water partition coefficient (Wildman–Crippen LogP) is 4.12. The van der Waals surface area contributed by atoms with Gasteiger partial charge in [0.25, 0.3) is 5.91 Å². The molecule has 29 heavy (non-hydrogen) atoms. The lowest BCUT2D eigenvalue weighted by Gasteiger charge is -2.23. The molecule has 0 fully saturated rings. The Kier molecular flexibility index (Phi) is 5.61. The van der Waals surface area contributed by atoms with Crippen molar-refractivity contribution in [1.29, 1.82) is 0 Å². The summed E-state index contributed by atoms with van der Waals surface area (Å²) in [5.74, 6) is -0.0695. The first kappa shape index (κ1) is 18.8. The summed E-state index contributed by atoms with van der Waals surface area (Å²) >= 11 is 0. The second-order valence-corrected chi connectivity index (χ2v) is 6.93. The molecule has 6 heteroatoms. The van der Waals surface area contributed by atoms with E-state index in [1.165, 1.54) is 17.5 Å². The van der Waals surface area contributed by atoms with Crippen LogP contribution in [0.15, 0.2) is 71.3 Å². The normalized spacial score (nSPS) is 12.5. The zero-order valence-electron chi connectivity index (χ0n) is 16.1. The second kappa shape index (κ2) is 8.65. The third kappa shape index (κ3) is 4.32. The number of fused-ring (bicyclic) bond motifs is 1. The minimum Gasteiger partial charge on any atom is -0.459 e. The lowest BCUT2D eigenvalue weighted by atomic mass is 10.1. The van der Waals surface area contributed by atoms with Crippen molar-refractivity contribution in [2.45, 2.75) is 19.3 Å². The lowest BCUT2D eigenvalue weighted by molar-refractivity contribution is -0.116. The van der Waals surface area contributed by atoms with Gasteiger partial charge in [0.2, 0.25) is 5.91 Å². The zero-order chi connectivity index (χ0) is 20.1. The summed E-state index contributed by atoms with van der Waals surface area (Å²) in [6, 6.07) is 19.5. The minimum absolute atomic E-state index is 0.0721. The second-order valence-electron chi connectivity index (χ2n) is 6.93. The quantitative estimate of drug-likeness (QED) is 0.596. The van der Waals surface area contributed by atoms with Crippen molar-refractivity contribution in [3.05, 3.63) is 78.3 Å². The number of hydrogen-bond acceptors (Lipinski definition) is 4. The van der Waals surface area contributed by atoms with E-state index in [1.807, 2.05) is 30.3 Å². The maximum Gasteiger partial charge on any atom is 0.286 e. The number of rotatable bonds is 7. The Labute approximate surface area is 169 Å². The van der Waals surface area contributed by atoms with Crippen LogP contribution in [0.3, 0.4) is 0 Å². The van der Waals surface area contributed by atoms with Crippen LogP contribution in [-0.2, 0) is 11.2 Å². The van der Waals surface area contributed by atoms with E-state index in [-0.39, 0.29) is 17.6 Å². The van der Waals surface area contributed by atoms with E-state index in [4.69, 9.17) is 4.42 Å². The fourth-order valence-corrected chi connectivity index (χ4v) is 3.56. The first-order valence-corrected chi connectivity index (χ1v) is 9.78. The third-order valence-corrected chi connectivity index (χ3v) is 4.97. The Morgan fingerprint density at radius 2 is 1.76 bits per heavy atom. The van der Waals surface area contributed by atoms with Crippen molar-refractivity contribution < 1.29 is 14.0 Å². The highest BCUT2D eigenvalue weighted by Crippen LogP contribution is 2.38. The Morgan fingerprint density at radius 1 is 0.966 bits per heavy atom. The van der Waals surface area contributed by atoms with Crippen LogP contribution in [0.5, 0.6) is 0 Å². The van der Waals surface area contributed by atoms with Gasteiger partial charge in [-0.1, -0.05) is 30.3 Å². The van der Waals surface area contributed by atoms with Crippen LogP contribution in [0.25, 0.3) is 0 Å². The highest BCUT2D eigenvalue weighted by Gasteiger charge is 2.22. The van der Waals surface area contributed by atoms with E-state index in [0.717, 1.165) is 24.3 Å². The molecule has 0 unspecified atom stereocenters. The molecule has 2 heterocycles. The highest BCUT2D eigenvalue weighted by atomic mass is 16.3. The van der Waals surface area contributed by atoms with Gasteiger partial charge in [-0.05, 0) is 48.7 Å². The number of anilines is 3. The fourth-order valence-electron chi connectivity index (χ4n) is 3.56. The molecular weight excluding hydrogens is 366 g/mol. The number of nitrogens with one attached hydrogen (secondary N) is 2. The molecule has 2 aromatic carbocycles. The number of amides is 2. The Bertz CT molecular complexity index is 998. The van der Waals surface area contributed by atoms with E-state index in [0.29, 0.717) is 19.4 Å². The third-order valence-electron chi connectivity index (χ3n) is 4.97. The van der Waals surface area contributed by atoms with Crippen LogP contribution in [-0.4, -0.2) is 24.9 Å². The topological polar surface area (TPSA) is 74.6 Å². The van der Waals surface area contributed by atoms with Crippen molar-refractivity contribution in [3.63, 3.8) is 0 Å². The molecule has 2 amide bonds. The summed E-state index contributed by atoms with van der Waals surface area (Å²) in [5.41, 5.74) is 4.31. The molecule has 0 aliphatic carbocycles. The van der Waals surface area contributed by atoms with E-state index in [9.17, 15) is 9.59 Å². The molecule has 2 N–H and O–H groups in total. The summed E-state index contributed by atoms with van der Waals surface area (Å²) in [6.45, 7) is 1.30. The van der Waals surface area contributed by atoms with Crippen LogP contribution in [0, 0.1) is 0 Å². The van der Waals surface area contributed by atoms with Crippen molar-refractivity contribution in [2.24, 2.45) is 0 Å². The van der Waals surface area contributed by atoms with Crippen LogP contribution in [0.2, 0.25) is 0 Å². The number of carbonyl (C=O) groups excluding carboxylic acids is 2. The minimum atomic E-state index is -0.270. The van der Waals surface area contributed by atoms with Gasteiger partial charge in [-0.2, -0.15) is 0 Å². The van der Waals surface area contributed by atoms with Gasteiger partial charge in [-0.3, -0.25) is 9.59 Å². The fraction of sp³-hybridized carbons (Fsp3) is 0.217. The molecule has 0 bridgehead atoms. The SMILES string of the molecule is O=C(CCCNC(=O)c1ccco1)Nc1ccccc1N1CCc2ccccc21. The molecule has 0 radical (unpaired) electrons. The molecule has 0 saturated carbocycles. The Balaban J connectivity index is 1.33. The predicted molar refractivity (Wildman–Crippen MR) is 112 cm³/mol. The number of nitrogens with zero attached hydrogens (tertiary/aromatic N) is 1. The molecule has 3 aromatic rings. The van der Waals surface area contributed by atoms with E-state index >= 15 is 0 Å². The largest absolute Gasteiger partial charge is 0.459 e. The van der Waals surface area contributed by atoms with Gasteiger partial charge in [0.05, 0.1) is 17.6 Å². The van der Waals surface area contributed by atoms with Gasteiger partial charge < -0.3 is 20.0 Å². The van der Waals surface area contributed by atoms with Crippen molar-refractivity contribution in [2.75, 3.05) is 23.3 Å². The molecule has 6 nitrogen and oxygen atoms in total. The smallest absolute Gasteiger partial charge is 0.286 e. The first-order chi connectivity index (χ1) is 14.2. The standard InChI is InChI=1S/C23H23N3O3/c27-22(12-5-14-24-23(28)21-11-6-16-29-21)25-18-8-2-4-10-20(18)26-15-13-17-7-1-3-9-19(17)26/h1-4,6-11,16H,5,12-15H2,(H,24,28)(H,25,27). The van der Waals surface area contributed by atoms with E-state index < -0.39 is 0 Å². The van der Waals surface area contributed by atoms with Crippen LogP contribution in [0.1, 0.15) is 29.0 Å². The van der Waals surface area contributed by atoms with Crippen LogP contribution < -0.4 is 15.5 Å². The number of benzene rings is 2. The van der Waals surface area contributed by atoms with Crippen molar-refractivity contribution in [1.82, 2.24) is 5.32 Å². The van der Waals surface area contributed by atoms with Gasteiger partial charge >= 0.3 is 0 Å². The van der Waals surface area contributed by atoms with Crippen molar-refractivity contribution >= 4 is 28.9 Å². The van der Waals surface area contributed by atoms with Gasteiger partial charge in [0.15, 0.2) is 5.76 Å². The van der Waals surface area contributed by atoms with Gasteiger partial charge in [0, 0.05) is 25.2 Å². The lowest BCUT2D eigenvalue weighted by Crippen LogP contribution is -2.25. The number of para-hydroxylation sites is 3. The molecule has 148 valence electrons. The molecule has 1 aromatic heterocycles. The number of hydrogen-bond donors (Lipinski definition) is 2. The Morgan fingerprint density at radius 3 is 2.59 bits per heavy atom. The molecular formula is C23H23N3O3. The molecule has 0 atom stereocenters. The maximum absolute atomic E-state index is 12.4. The molecule has 4 rings (SSSR count). The Hall–Kier alpha value is -3.54. The summed E-state index contributed by atoms with van der Waals surface area (Å²) in [5, 5.41) is 5.77. The highest BCUT2D eigenvalue weighted by molar-refractivity contribution is 5.95. The number of carbonyl (C=O) groups is 2. The first-order valence-electron chi connectivity index (χ1n) is 9.78. The maximum atomic E-state index is 12.4. The average Bonchev–Trinajstić information content (AvgIpc) is 3.42.